The zero-order chi connectivity index (χ0) is 12.2. The Kier molecular flexibility index (Phi) is 4.44. The fourth-order valence-corrected chi connectivity index (χ4v) is 2.70. The van der Waals surface area contributed by atoms with E-state index in [9.17, 15) is 8.42 Å². The summed E-state index contributed by atoms with van der Waals surface area (Å²) < 4.78 is 25.2. The highest BCUT2D eigenvalue weighted by atomic mass is 32.2. The van der Waals surface area contributed by atoms with Crippen LogP contribution < -0.4 is 0 Å². The Morgan fingerprint density at radius 2 is 2.06 bits per heavy atom. The number of pyridine rings is 1. The molecule has 0 aliphatic rings. The number of nitrogens with zero attached hydrogens (tertiary/aromatic N) is 2. The molecular weight excluding hydrogens is 224 g/mol. The van der Waals surface area contributed by atoms with Crippen LogP contribution in [0.5, 0.6) is 0 Å². The predicted octanol–water partition coefficient (Wildman–Crippen LogP) is 1.50. The van der Waals surface area contributed by atoms with E-state index in [1.807, 2.05) is 13.8 Å². The average molecular weight is 242 g/mol. The molecule has 16 heavy (non-hydrogen) atoms. The molecule has 1 heterocycles. The number of sulfonamides is 1. The Bertz CT molecular complexity index is 415. The van der Waals surface area contributed by atoms with E-state index in [4.69, 9.17) is 0 Å². The van der Waals surface area contributed by atoms with Crippen molar-refractivity contribution in [1.29, 1.82) is 0 Å². The maximum absolute atomic E-state index is 11.9. The second-order valence-electron chi connectivity index (χ2n) is 4.25. The first kappa shape index (κ1) is 13.1. The van der Waals surface area contributed by atoms with Gasteiger partial charge in [-0.1, -0.05) is 19.9 Å². The van der Waals surface area contributed by atoms with Gasteiger partial charge in [-0.3, -0.25) is 4.98 Å². The minimum atomic E-state index is -3.24. The molecule has 1 rings (SSSR count). The van der Waals surface area contributed by atoms with Gasteiger partial charge in [0.1, 0.15) is 5.75 Å². The smallest absolute Gasteiger partial charge is 0.219 e. The standard InChI is InChI=1S/C11H18N2O2S/c1-10(2)8-13(3)16(14,15)9-11-6-4-5-7-12-11/h4-7,10H,8-9H2,1-3H3. The summed E-state index contributed by atoms with van der Waals surface area (Å²) in [5.41, 5.74) is 0.582. The van der Waals surface area contributed by atoms with Crippen LogP contribution in [0.1, 0.15) is 19.5 Å². The van der Waals surface area contributed by atoms with Crippen molar-refractivity contribution in [3.8, 4) is 0 Å². The molecule has 0 atom stereocenters. The first-order valence-electron chi connectivity index (χ1n) is 5.26. The Morgan fingerprint density at radius 3 is 2.56 bits per heavy atom. The van der Waals surface area contributed by atoms with Gasteiger partial charge in [-0.05, 0) is 18.1 Å². The number of hydrogen-bond donors (Lipinski definition) is 0. The average Bonchev–Trinajstić information content (AvgIpc) is 2.17. The van der Waals surface area contributed by atoms with Crippen LogP contribution in [0.2, 0.25) is 0 Å². The van der Waals surface area contributed by atoms with Crippen molar-refractivity contribution in [3.63, 3.8) is 0 Å². The summed E-state index contributed by atoms with van der Waals surface area (Å²) in [5, 5.41) is 0. The maximum atomic E-state index is 11.9. The molecule has 0 radical (unpaired) electrons. The lowest BCUT2D eigenvalue weighted by Gasteiger charge is -2.18. The van der Waals surface area contributed by atoms with Crippen LogP contribution in [0.25, 0.3) is 0 Å². The lowest BCUT2D eigenvalue weighted by atomic mass is 10.2. The molecule has 4 nitrogen and oxygen atoms in total. The second-order valence-corrected chi connectivity index (χ2v) is 6.33. The number of hydrogen-bond acceptors (Lipinski definition) is 3. The Balaban J connectivity index is 2.72. The van der Waals surface area contributed by atoms with Crippen LogP contribution >= 0.6 is 0 Å². The summed E-state index contributed by atoms with van der Waals surface area (Å²) in [4.78, 5) is 4.02. The first-order chi connectivity index (χ1) is 7.42. The highest BCUT2D eigenvalue weighted by molar-refractivity contribution is 7.88. The summed E-state index contributed by atoms with van der Waals surface area (Å²) in [5.74, 6) is 0.292. The van der Waals surface area contributed by atoms with E-state index in [2.05, 4.69) is 4.98 Å². The van der Waals surface area contributed by atoms with E-state index < -0.39 is 10.0 Å². The van der Waals surface area contributed by atoms with Gasteiger partial charge in [0.25, 0.3) is 0 Å². The minimum absolute atomic E-state index is 0.0307. The van der Waals surface area contributed by atoms with Crippen molar-refractivity contribution in [2.75, 3.05) is 13.6 Å². The number of rotatable bonds is 5. The Labute approximate surface area is 97.4 Å². The van der Waals surface area contributed by atoms with Crippen molar-refractivity contribution >= 4 is 10.0 Å². The fourth-order valence-electron chi connectivity index (χ4n) is 1.41. The SMILES string of the molecule is CC(C)CN(C)S(=O)(=O)Cc1ccccn1. The van der Waals surface area contributed by atoms with Crippen LogP contribution in [-0.4, -0.2) is 31.3 Å². The van der Waals surface area contributed by atoms with E-state index in [1.165, 1.54) is 4.31 Å². The molecule has 1 aromatic heterocycles. The molecule has 0 aromatic carbocycles. The monoisotopic (exact) mass is 242 g/mol. The van der Waals surface area contributed by atoms with Gasteiger partial charge in [0.2, 0.25) is 10.0 Å². The van der Waals surface area contributed by atoms with Crippen LogP contribution in [0.3, 0.4) is 0 Å². The lowest BCUT2D eigenvalue weighted by Crippen LogP contribution is -2.31. The highest BCUT2D eigenvalue weighted by Gasteiger charge is 2.19. The predicted molar refractivity (Wildman–Crippen MR) is 64.3 cm³/mol. The van der Waals surface area contributed by atoms with E-state index in [1.54, 1.807) is 31.4 Å². The third-order valence-corrected chi connectivity index (χ3v) is 3.91. The molecular formula is C11H18N2O2S. The quantitative estimate of drug-likeness (QED) is 0.786. The van der Waals surface area contributed by atoms with E-state index in [0.717, 1.165) is 0 Å². The van der Waals surface area contributed by atoms with Crippen molar-refractivity contribution in [2.45, 2.75) is 19.6 Å². The van der Waals surface area contributed by atoms with Gasteiger partial charge in [0, 0.05) is 19.8 Å². The summed E-state index contributed by atoms with van der Waals surface area (Å²) in [6.45, 7) is 4.52. The van der Waals surface area contributed by atoms with Crippen LogP contribution in [0.15, 0.2) is 24.4 Å². The molecule has 0 saturated heterocycles. The molecule has 0 N–H and O–H groups in total. The van der Waals surface area contributed by atoms with Crippen LogP contribution in [0.4, 0.5) is 0 Å². The molecule has 0 fully saturated rings. The van der Waals surface area contributed by atoms with Crippen molar-refractivity contribution < 1.29 is 8.42 Å². The molecule has 0 aliphatic carbocycles. The molecule has 90 valence electrons. The fraction of sp³-hybridized carbons (Fsp3) is 0.545. The summed E-state index contributed by atoms with van der Waals surface area (Å²) >= 11 is 0. The van der Waals surface area contributed by atoms with Crippen molar-refractivity contribution in [1.82, 2.24) is 9.29 Å². The van der Waals surface area contributed by atoms with Crippen molar-refractivity contribution in [2.24, 2.45) is 5.92 Å². The molecule has 0 unspecified atom stereocenters. The lowest BCUT2D eigenvalue weighted by molar-refractivity contribution is 0.416. The van der Waals surface area contributed by atoms with Crippen LogP contribution in [0, 0.1) is 5.92 Å². The maximum Gasteiger partial charge on any atom is 0.219 e. The van der Waals surface area contributed by atoms with Gasteiger partial charge in [-0.2, -0.15) is 0 Å². The third-order valence-electron chi connectivity index (χ3n) is 2.15. The van der Waals surface area contributed by atoms with E-state index >= 15 is 0 Å². The Morgan fingerprint density at radius 1 is 1.38 bits per heavy atom. The van der Waals surface area contributed by atoms with E-state index in [0.29, 0.717) is 18.2 Å². The van der Waals surface area contributed by atoms with Gasteiger partial charge in [-0.25, -0.2) is 12.7 Å². The summed E-state index contributed by atoms with van der Waals surface area (Å²) in [7, 11) is -1.63. The van der Waals surface area contributed by atoms with Gasteiger partial charge in [0.15, 0.2) is 0 Å². The van der Waals surface area contributed by atoms with Gasteiger partial charge in [-0.15, -0.1) is 0 Å². The zero-order valence-electron chi connectivity index (χ0n) is 9.92. The van der Waals surface area contributed by atoms with Gasteiger partial charge in [0.05, 0.1) is 5.69 Å². The Hall–Kier alpha value is -0.940. The zero-order valence-corrected chi connectivity index (χ0v) is 10.7. The molecule has 0 bridgehead atoms. The number of aromatic nitrogens is 1. The highest BCUT2D eigenvalue weighted by Crippen LogP contribution is 2.08. The molecule has 1 aromatic rings. The molecule has 0 saturated carbocycles. The van der Waals surface area contributed by atoms with Gasteiger partial charge < -0.3 is 0 Å². The summed E-state index contributed by atoms with van der Waals surface area (Å²) in [6, 6.07) is 5.29. The molecule has 0 amide bonds. The minimum Gasteiger partial charge on any atom is -0.260 e. The topological polar surface area (TPSA) is 50.3 Å². The third kappa shape index (κ3) is 3.90. The summed E-state index contributed by atoms with van der Waals surface area (Å²) in [6.07, 6.45) is 1.60. The molecule has 5 heteroatoms. The molecule has 0 aliphatic heterocycles. The van der Waals surface area contributed by atoms with Gasteiger partial charge >= 0.3 is 0 Å². The second kappa shape index (κ2) is 5.41. The molecule has 0 spiro atoms. The van der Waals surface area contributed by atoms with E-state index in [-0.39, 0.29) is 5.75 Å². The largest absolute Gasteiger partial charge is 0.260 e. The normalized spacial score (nSPS) is 12.3. The first-order valence-corrected chi connectivity index (χ1v) is 6.86. The van der Waals surface area contributed by atoms with Crippen molar-refractivity contribution in [3.05, 3.63) is 30.1 Å². The van der Waals surface area contributed by atoms with Crippen LogP contribution in [-0.2, 0) is 15.8 Å².